The third-order valence-electron chi connectivity index (χ3n) is 6.74. The highest BCUT2D eigenvalue weighted by Gasteiger charge is 2.54. The number of carbonyl (C=O) groups is 2. The van der Waals surface area contributed by atoms with Crippen molar-refractivity contribution in [3.05, 3.63) is 0 Å². The van der Waals surface area contributed by atoms with E-state index >= 15 is 0 Å². The van der Waals surface area contributed by atoms with Gasteiger partial charge in [0, 0.05) is 24.4 Å². The Kier molecular flexibility index (Phi) is 5.75. The van der Waals surface area contributed by atoms with Crippen molar-refractivity contribution in [3.8, 4) is 0 Å². The fourth-order valence-electron chi connectivity index (χ4n) is 5.87. The van der Waals surface area contributed by atoms with E-state index in [1.165, 1.54) is 19.3 Å². The first kappa shape index (κ1) is 18.7. The average Bonchev–Trinajstić information content (AvgIpc) is 2.51. The van der Waals surface area contributed by atoms with E-state index < -0.39 is 0 Å². The Morgan fingerprint density at radius 1 is 0.960 bits per heavy atom. The number of rotatable bonds is 8. The second-order valence-electron chi connectivity index (χ2n) is 9.64. The van der Waals surface area contributed by atoms with E-state index in [1.54, 1.807) is 0 Å². The van der Waals surface area contributed by atoms with Crippen LogP contribution in [0.2, 0.25) is 0 Å². The molecule has 4 nitrogen and oxygen atoms in total. The predicted molar refractivity (Wildman–Crippen MR) is 99.9 cm³/mol. The SMILES string of the molecule is CC(C)CCC(C)NC(=O)CCNC(=O)C12CC3CC(CC(C3)C1)C2. The maximum atomic E-state index is 12.8. The molecule has 25 heavy (non-hydrogen) atoms. The van der Waals surface area contributed by atoms with Gasteiger partial charge in [-0.15, -0.1) is 0 Å². The fourth-order valence-corrected chi connectivity index (χ4v) is 5.87. The Balaban J connectivity index is 1.39. The van der Waals surface area contributed by atoms with E-state index in [2.05, 4.69) is 31.4 Å². The van der Waals surface area contributed by atoms with Crippen LogP contribution in [-0.2, 0) is 9.59 Å². The van der Waals surface area contributed by atoms with Crippen LogP contribution in [0, 0.1) is 29.1 Å². The second-order valence-corrected chi connectivity index (χ2v) is 9.64. The smallest absolute Gasteiger partial charge is 0.226 e. The molecule has 0 heterocycles. The Morgan fingerprint density at radius 3 is 2.04 bits per heavy atom. The molecule has 1 unspecified atom stereocenters. The lowest BCUT2D eigenvalue weighted by atomic mass is 9.49. The lowest BCUT2D eigenvalue weighted by molar-refractivity contribution is -0.146. The van der Waals surface area contributed by atoms with Gasteiger partial charge in [-0.1, -0.05) is 13.8 Å². The van der Waals surface area contributed by atoms with E-state index in [1.807, 2.05) is 0 Å². The minimum atomic E-state index is -0.101. The molecular weight excluding hydrogens is 312 g/mol. The predicted octanol–water partition coefficient (Wildman–Crippen LogP) is 3.65. The van der Waals surface area contributed by atoms with Gasteiger partial charge in [-0.3, -0.25) is 9.59 Å². The van der Waals surface area contributed by atoms with Gasteiger partial charge < -0.3 is 10.6 Å². The Bertz CT molecular complexity index is 465. The standard InChI is InChI=1S/C21H36N2O2/c1-14(2)4-5-15(3)23-19(24)6-7-22-20(25)21-11-16-8-17(12-21)10-18(9-16)13-21/h14-18H,4-13H2,1-3H3,(H,22,25)(H,23,24). The van der Waals surface area contributed by atoms with Crippen molar-refractivity contribution in [2.24, 2.45) is 29.1 Å². The van der Waals surface area contributed by atoms with Crippen molar-refractivity contribution in [2.75, 3.05) is 6.54 Å². The zero-order valence-corrected chi connectivity index (χ0v) is 16.3. The number of hydrogen-bond acceptors (Lipinski definition) is 2. The number of hydrogen-bond donors (Lipinski definition) is 2. The molecule has 142 valence electrons. The van der Waals surface area contributed by atoms with Crippen molar-refractivity contribution in [3.63, 3.8) is 0 Å². The van der Waals surface area contributed by atoms with Crippen LogP contribution in [0.15, 0.2) is 0 Å². The second kappa shape index (κ2) is 7.67. The highest BCUT2D eigenvalue weighted by molar-refractivity contribution is 5.84. The molecule has 0 aliphatic heterocycles. The number of carbonyl (C=O) groups excluding carboxylic acids is 2. The molecule has 4 aliphatic rings. The molecular formula is C21H36N2O2. The van der Waals surface area contributed by atoms with Crippen LogP contribution in [0.25, 0.3) is 0 Å². The van der Waals surface area contributed by atoms with Gasteiger partial charge in [-0.25, -0.2) is 0 Å². The highest BCUT2D eigenvalue weighted by Crippen LogP contribution is 2.60. The van der Waals surface area contributed by atoms with E-state index in [0.29, 0.717) is 18.9 Å². The zero-order chi connectivity index (χ0) is 18.0. The Morgan fingerprint density at radius 2 is 1.52 bits per heavy atom. The van der Waals surface area contributed by atoms with E-state index in [0.717, 1.165) is 49.9 Å². The van der Waals surface area contributed by atoms with Crippen LogP contribution in [0.4, 0.5) is 0 Å². The number of amides is 2. The lowest BCUT2D eigenvalue weighted by Gasteiger charge is -2.55. The normalized spacial score (nSPS) is 34.2. The van der Waals surface area contributed by atoms with Crippen molar-refractivity contribution >= 4 is 11.8 Å². The molecule has 4 fully saturated rings. The van der Waals surface area contributed by atoms with Crippen molar-refractivity contribution in [2.45, 2.75) is 84.6 Å². The van der Waals surface area contributed by atoms with Crippen LogP contribution in [0.1, 0.15) is 78.6 Å². The summed E-state index contributed by atoms with van der Waals surface area (Å²) in [7, 11) is 0. The molecule has 4 bridgehead atoms. The van der Waals surface area contributed by atoms with Gasteiger partial charge >= 0.3 is 0 Å². The topological polar surface area (TPSA) is 58.2 Å². The van der Waals surface area contributed by atoms with E-state index in [-0.39, 0.29) is 23.3 Å². The largest absolute Gasteiger partial charge is 0.355 e. The minimum absolute atomic E-state index is 0.0575. The third kappa shape index (κ3) is 4.57. The van der Waals surface area contributed by atoms with Gasteiger partial charge in [0.1, 0.15) is 0 Å². The maximum Gasteiger partial charge on any atom is 0.226 e. The molecule has 0 radical (unpaired) electrons. The first-order chi connectivity index (χ1) is 11.9. The summed E-state index contributed by atoms with van der Waals surface area (Å²) in [6.45, 7) is 6.95. The van der Waals surface area contributed by atoms with Gasteiger partial charge in [0.25, 0.3) is 0 Å². The summed E-state index contributed by atoms with van der Waals surface area (Å²) in [6, 6.07) is 0.216. The summed E-state index contributed by atoms with van der Waals surface area (Å²) in [5.41, 5.74) is -0.101. The summed E-state index contributed by atoms with van der Waals surface area (Å²) in [4.78, 5) is 24.9. The van der Waals surface area contributed by atoms with Crippen LogP contribution >= 0.6 is 0 Å². The first-order valence-corrected chi connectivity index (χ1v) is 10.4. The molecule has 2 amide bonds. The third-order valence-corrected chi connectivity index (χ3v) is 6.74. The van der Waals surface area contributed by atoms with Crippen molar-refractivity contribution in [1.82, 2.24) is 10.6 Å². The Labute approximate surface area is 152 Å². The molecule has 0 aromatic carbocycles. The molecule has 4 rings (SSSR count). The summed E-state index contributed by atoms with van der Waals surface area (Å²) >= 11 is 0. The first-order valence-electron chi connectivity index (χ1n) is 10.4. The molecule has 4 saturated carbocycles. The molecule has 1 atom stereocenters. The van der Waals surface area contributed by atoms with Gasteiger partial charge in [-0.05, 0) is 82.0 Å². The van der Waals surface area contributed by atoms with Gasteiger partial charge in [0.15, 0.2) is 0 Å². The summed E-state index contributed by atoms with van der Waals surface area (Å²) in [5.74, 6) is 3.29. The summed E-state index contributed by atoms with van der Waals surface area (Å²) in [5, 5.41) is 6.15. The zero-order valence-electron chi connectivity index (χ0n) is 16.3. The monoisotopic (exact) mass is 348 g/mol. The maximum absolute atomic E-state index is 12.8. The minimum Gasteiger partial charge on any atom is -0.355 e. The van der Waals surface area contributed by atoms with Crippen molar-refractivity contribution in [1.29, 1.82) is 0 Å². The molecule has 4 aliphatic carbocycles. The lowest BCUT2D eigenvalue weighted by Crippen LogP contribution is -2.53. The average molecular weight is 349 g/mol. The van der Waals surface area contributed by atoms with Gasteiger partial charge in [-0.2, -0.15) is 0 Å². The van der Waals surface area contributed by atoms with Crippen LogP contribution < -0.4 is 10.6 Å². The summed E-state index contributed by atoms with van der Waals surface area (Å²) in [6.07, 6.45) is 9.85. The molecule has 0 aromatic rings. The van der Waals surface area contributed by atoms with Crippen LogP contribution in [-0.4, -0.2) is 24.4 Å². The molecule has 0 aromatic heterocycles. The molecule has 2 N–H and O–H groups in total. The van der Waals surface area contributed by atoms with Crippen LogP contribution in [0.5, 0.6) is 0 Å². The van der Waals surface area contributed by atoms with Crippen molar-refractivity contribution < 1.29 is 9.59 Å². The summed E-state index contributed by atoms with van der Waals surface area (Å²) < 4.78 is 0. The van der Waals surface area contributed by atoms with Gasteiger partial charge in [0.2, 0.25) is 11.8 Å². The molecule has 4 heteroatoms. The van der Waals surface area contributed by atoms with Gasteiger partial charge in [0.05, 0.1) is 0 Å². The van der Waals surface area contributed by atoms with E-state index in [4.69, 9.17) is 0 Å². The molecule has 0 saturated heterocycles. The Hall–Kier alpha value is -1.06. The highest BCUT2D eigenvalue weighted by atomic mass is 16.2. The van der Waals surface area contributed by atoms with Crippen LogP contribution in [0.3, 0.4) is 0 Å². The quantitative estimate of drug-likeness (QED) is 0.703. The fraction of sp³-hybridized carbons (Fsp3) is 0.905. The molecule has 0 spiro atoms. The van der Waals surface area contributed by atoms with E-state index in [9.17, 15) is 9.59 Å². The number of nitrogens with one attached hydrogen (secondary N) is 2.